The Morgan fingerprint density at radius 2 is 1.72 bits per heavy atom. The van der Waals surface area contributed by atoms with Crippen molar-refractivity contribution in [1.29, 1.82) is 0 Å². The highest BCUT2D eigenvalue weighted by atomic mass is 32.2. The third-order valence-corrected chi connectivity index (χ3v) is 5.35. The molecule has 7 nitrogen and oxygen atoms in total. The first-order valence-electron chi connectivity index (χ1n) is 9.34. The van der Waals surface area contributed by atoms with E-state index in [2.05, 4.69) is 43.2 Å². The maximum Gasteiger partial charge on any atom is 0.232 e. The molecule has 29 heavy (non-hydrogen) atoms. The molecule has 0 radical (unpaired) electrons. The number of anilines is 3. The number of nitrogens with one attached hydrogen (secondary N) is 1. The highest BCUT2D eigenvalue weighted by Crippen LogP contribution is 2.28. The molecule has 8 heteroatoms. The third kappa shape index (κ3) is 4.43. The van der Waals surface area contributed by atoms with Crippen LogP contribution < -0.4 is 11.1 Å². The van der Waals surface area contributed by atoms with Crippen molar-refractivity contribution in [2.45, 2.75) is 31.0 Å². The van der Waals surface area contributed by atoms with Crippen molar-refractivity contribution in [3.63, 3.8) is 0 Å². The lowest BCUT2D eigenvalue weighted by Crippen LogP contribution is -2.07. The minimum Gasteiger partial charge on any atom is -0.368 e. The van der Waals surface area contributed by atoms with Crippen molar-refractivity contribution in [3.8, 4) is 0 Å². The van der Waals surface area contributed by atoms with Gasteiger partial charge in [-0.25, -0.2) is 9.97 Å². The molecule has 0 bridgehead atoms. The number of nitrogens with two attached hydrogens (primary N) is 1. The summed E-state index contributed by atoms with van der Waals surface area (Å²) in [7, 11) is 0. The summed E-state index contributed by atoms with van der Waals surface area (Å²) in [4.78, 5) is 22.1. The predicted molar refractivity (Wildman–Crippen MR) is 117 cm³/mol. The standard InChI is InChI=1S/C21H21N7S/c1-3-14-8-4-6-10-16(14)25-21-27-18(26-20(22)28-21)12-29-19-15-9-5-7-11-17(15)23-13(2)24-19/h4-11H,3,12H2,1-2H3,(H3,22,25,26,27,28). The highest BCUT2D eigenvalue weighted by molar-refractivity contribution is 7.98. The maximum atomic E-state index is 5.93. The van der Waals surface area contributed by atoms with Crippen LogP contribution in [0.15, 0.2) is 53.6 Å². The second-order valence-electron chi connectivity index (χ2n) is 6.45. The van der Waals surface area contributed by atoms with Gasteiger partial charge in [0.2, 0.25) is 11.9 Å². The summed E-state index contributed by atoms with van der Waals surface area (Å²) < 4.78 is 0. The minimum atomic E-state index is 0.191. The summed E-state index contributed by atoms with van der Waals surface area (Å²) >= 11 is 1.56. The monoisotopic (exact) mass is 403 g/mol. The van der Waals surface area contributed by atoms with E-state index in [0.717, 1.165) is 33.9 Å². The van der Waals surface area contributed by atoms with Crippen LogP contribution in [0.25, 0.3) is 10.9 Å². The summed E-state index contributed by atoms with van der Waals surface area (Å²) in [6, 6.07) is 16.0. The Kier molecular flexibility index (Phi) is 5.53. The fourth-order valence-corrected chi connectivity index (χ4v) is 3.95. The summed E-state index contributed by atoms with van der Waals surface area (Å²) in [5.41, 5.74) is 9.01. The highest BCUT2D eigenvalue weighted by Gasteiger charge is 2.10. The largest absolute Gasteiger partial charge is 0.368 e. The molecule has 146 valence electrons. The number of hydrogen-bond acceptors (Lipinski definition) is 8. The van der Waals surface area contributed by atoms with Crippen molar-refractivity contribution in [2.75, 3.05) is 11.1 Å². The van der Waals surface area contributed by atoms with Crippen molar-refractivity contribution >= 4 is 40.2 Å². The molecule has 4 rings (SSSR count). The number of fused-ring (bicyclic) bond motifs is 1. The molecule has 0 aliphatic rings. The number of nitrogen functional groups attached to an aromatic ring is 1. The Morgan fingerprint density at radius 3 is 2.59 bits per heavy atom. The van der Waals surface area contributed by atoms with Crippen LogP contribution in [0.2, 0.25) is 0 Å². The summed E-state index contributed by atoms with van der Waals surface area (Å²) in [6.45, 7) is 4.00. The number of hydrogen-bond donors (Lipinski definition) is 2. The molecule has 0 unspecified atom stereocenters. The van der Waals surface area contributed by atoms with E-state index >= 15 is 0 Å². The van der Waals surface area contributed by atoms with Crippen LogP contribution in [-0.2, 0) is 12.2 Å². The molecule has 0 fully saturated rings. The average molecular weight is 404 g/mol. The minimum absolute atomic E-state index is 0.191. The molecule has 0 aliphatic carbocycles. The summed E-state index contributed by atoms with van der Waals surface area (Å²) in [5.74, 6) is 2.49. The fraction of sp³-hybridized carbons (Fsp3) is 0.190. The lowest BCUT2D eigenvalue weighted by molar-refractivity contribution is 0.972. The molecule has 2 aromatic carbocycles. The predicted octanol–water partition coefficient (Wildman–Crippen LogP) is 4.30. The van der Waals surface area contributed by atoms with E-state index in [-0.39, 0.29) is 5.95 Å². The lowest BCUT2D eigenvalue weighted by Gasteiger charge is -2.11. The SMILES string of the molecule is CCc1ccccc1Nc1nc(N)nc(CSc2nc(C)nc3ccccc23)n1. The summed E-state index contributed by atoms with van der Waals surface area (Å²) in [5, 5.41) is 5.18. The number of thioether (sulfide) groups is 1. The van der Waals surface area contributed by atoms with E-state index in [4.69, 9.17) is 5.73 Å². The Balaban J connectivity index is 1.57. The van der Waals surface area contributed by atoms with Gasteiger partial charge >= 0.3 is 0 Å². The Bertz CT molecular complexity index is 1160. The molecule has 0 spiro atoms. The number of aromatic nitrogens is 5. The van der Waals surface area contributed by atoms with Crippen molar-refractivity contribution in [3.05, 3.63) is 65.7 Å². The van der Waals surface area contributed by atoms with Gasteiger partial charge in [-0.2, -0.15) is 15.0 Å². The molecule has 0 saturated heterocycles. The van der Waals surface area contributed by atoms with Crippen LogP contribution in [0.4, 0.5) is 17.6 Å². The molecule has 3 N–H and O–H groups in total. The van der Waals surface area contributed by atoms with Gasteiger partial charge in [-0.15, -0.1) is 0 Å². The quantitative estimate of drug-likeness (QED) is 0.363. The van der Waals surface area contributed by atoms with Crippen LogP contribution in [0.5, 0.6) is 0 Å². The molecule has 0 amide bonds. The smallest absolute Gasteiger partial charge is 0.232 e. The summed E-state index contributed by atoms with van der Waals surface area (Å²) in [6.07, 6.45) is 0.909. The van der Waals surface area contributed by atoms with Gasteiger partial charge in [0, 0.05) is 11.1 Å². The zero-order valence-electron chi connectivity index (χ0n) is 16.3. The Hall–Kier alpha value is -3.26. The van der Waals surface area contributed by atoms with Gasteiger partial charge in [-0.05, 0) is 31.0 Å². The number of rotatable bonds is 6. The van der Waals surface area contributed by atoms with Gasteiger partial charge in [-0.1, -0.05) is 55.1 Å². The Morgan fingerprint density at radius 1 is 0.931 bits per heavy atom. The average Bonchev–Trinajstić information content (AvgIpc) is 2.72. The molecule has 2 aromatic heterocycles. The van der Waals surface area contributed by atoms with Gasteiger partial charge < -0.3 is 11.1 Å². The topological polar surface area (TPSA) is 102 Å². The zero-order valence-corrected chi connectivity index (χ0v) is 17.1. The molecule has 0 saturated carbocycles. The first-order chi connectivity index (χ1) is 14.1. The van der Waals surface area contributed by atoms with Crippen molar-refractivity contribution in [2.24, 2.45) is 0 Å². The molecule has 2 heterocycles. The number of para-hydroxylation sites is 2. The first kappa shape index (κ1) is 19.1. The molecule has 0 aliphatic heterocycles. The normalized spacial score (nSPS) is 11.0. The van der Waals surface area contributed by atoms with E-state index in [1.54, 1.807) is 11.8 Å². The van der Waals surface area contributed by atoms with Crippen LogP contribution in [0.1, 0.15) is 24.1 Å². The Labute approximate surface area is 173 Å². The van der Waals surface area contributed by atoms with Gasteiger partial charge in [0.05, 0.1) is 11.3 Å². The molecule has 0 atom stereocenters. The van der Waals surface area contributed by atoms with Crippen LogP contribution in [0.3, 0.4) is 0 Å². The van der Waals surface area contributed by atoms with Gasteiger partial charge in [0.1, 0.15) is 16.7 Å². The van der Waals surface area contributed by atoms with Crippen molar-refractivity contribution < 1.29 is 0 Å². The van der Waals surface area contributed by atoms with Crippen LogP contribution >= 0.6 is 11.8 Å². The second kappa shape index (κ2) is 8.40. The van der Waals surface area contributed by atoms with Crippen LogP contribution in [0, 0.1) is 6.92 Å². The first-order valence-corrected chi connectivity index (χ1v) is 10.3. The van der Waals surface area contributed by atoms with Crippen LogP contribution in [-0.4, -0.2) is 24.9 Å². The fourth-order valence-electron chi connectivity index (χ4n) is 3.03. The van der Waals surface area contributed by atoms with Gasteiger partial charge in [0.15, 0.2) is 0 Å². The zero-order chi connectivity index (χ0) is 20.2. The van der Waals surface area contributed by atoms with E-state index in [9.17, 15) is 0 Å². The van der Waals surface area contributed by atoms with Gasteiger partial charge in [0.25, 0.3) is 0 Å². The van der Waals surface area contributed by atoms with Gasteiger partial charge in [-0.3, -0.25) is 0 Å². The lowest BCUT2D eigenvalue weighted by atomic mass is 10.1. The van der Waals surface area contributed by atoms with E-state index in [1.807, 2.05) is 49.4 Å². The number of benzene rings is 2. The number of aryl methyl sites for hydroxylation is 2. The maximum absolute atomic E-state index is 5.93. The van der Waals surface area contributed by atoms with Crippen molar-refractivity contribution in [1.82, 2.24) is 24.9 Å². The van der Waals surface area contributed by atoms with E-state index < -0.39 is 0 Å². The molecule has 4 aromatic rings. The third-order valence-electron chi connectivity index (χ3n) is 4.36. The second-order valence-corrected chi connectivity index (χ2v) is 7.41. The molecular formula is C21H21N7S. The number of nitrogens with zero attached hydrogens (tertiary/aromatic N) is 5. The molecular weight excluding hydrogens is 382 g/mol. The van der Waals surface area contributed by atoms with E-state index in [0.29, 0.717) is 17.5 Å². The van der Waals surface area contributed by atoms with E-state index in [1.165, 1.54) is 5.56 Å².